The summed E-state index contributed by atoms with van der Waals surface area (Å²) in [7, 11) is 1.73. The van der Waals surface area contributed by atoms with Crippen molar-refractivity contribution in [1.82, 2.24) is 0 Å². The van der Waals surface area contributed by atoms with E-state index < -0.39 is 35.0 Å². The molecule has 6 rings (SSSR count). The van der Waals surface area contributed by atoms with Gasteiger partial charge in [-0.2, -0.15) is 0 Å². The molecule has 11 nitrogen and oxygen atoms in total. The van der Waals surface area contributed by atoms with E-state index in [2.05, 4.69) is 55.4 Å². The molecule has 0 aliphatic carbocycles. The maximum absolute atomic E-state index is 13.5. The molecular formula is C47H78O11. The van der Waals surface area contributed by atoms with Gasteiger partial charge in [-0.05, 0) is 90.0 Å². The zero-order valence-electron chi connectivity index (χ0n) is 38.0. The van der Waals surface area contributed by atoms with Gasteiger partial charge in [-0.1, -0.05) is 61.5 Å². The van der Waals surface area contributed by atoms with Gasteiger partial charge in [0.1, 0.15) is 0 Å². The van der Waals surface area contributed by atoms with Crippen LogP contribution >= 0.6 is 0 Å². The highest BCUT2D eigenvalue weighted by atomic mass is 16.8. The van der Waals surface area contributed by atoms with Crippen LogP contribution in [0.5, 0.6) is 0 Å². The van der Waals surface area contributed by atoms with Crippen molar-refractivity contribution in [2.24, 2.45) is 47.3 Å². The molecule has 0 aromatic heterocycles. The van der Waals surface area contributed by atoms with Crippen LogP contribution in [0.2, 0.25) is 0 Å². The second-order valence-corrected chi connectivity index (χ2v) is 20.2. The summed E-state index contributed by atoms with van der Waals surface area (Å²) < 4.78 is 54.6. The van der Waals surface area contributed by atoms with Gasteiger partial charge in [0.05, 0.1) is 60.4 Å². The summed E-state index contributed by atoms with van der Waals surface area (Å²) in [5.74, 6) is -2.45. The van der Waals surface area contributed by atoms with Crippen LogP contribution in [0.25, 0.3) is 0 Å². The summed E-state index contributed by atoms with van der Waals surface area (Å²) in [5, 5.41) is 9.45. The zero-order chi connectivity index (χ0) is 42.5. The predicted octanol–water partition coefficient (Wildman–Crippen LogP) is 8.89. The lowest BCUT2D eigenvalue weighted by molar-refractivity contribution is -0.379. The van der Waals surface area contributed by atoms with Gasteiger partial charge in [0.2, 0.25) is 0 Å². The molecule has 0 saturated carbocycles. The second-order valence-electron chi connectivity index (χ2n) is 20.2. The molecule has 6 fully saturated rings. The van der Waals surface area contributed by atoms with Gasteiger partial charge in [-0.15, -0.1) is 0 Å². The van der Waals surface area contributed by atoms with Crippen LogP contribution in [0.15, 0.2) is 11.6 Å². The van der Waals surface area contributed by atoms with Gasteiger partial charge in [0, 0.05) is 56.0 Å². The summed E-state index contributed by atoms with van der Waals surface area (Å²) in [4.78, 5) is 25.0. The van der Waals surface area contributed by atoms with E-state index in [0.29, 0.717) is 36.7 Å². The Bertz CT molecular complexity index is 1470. The Labute approximate surface area is 349 Å². The molecule has 2 spiro atoms. The maximum Gasteiger partial charge on any atom is 0.306 e. The number of carboxylic acids is 1. The first-order valence-corrected chi connectivity index (χ1v) is 22.9. The summed E-state index contributed by atoms with van der Waals surface area (Å²) in [5.41, 5.74) is -0.00867. The summed E-state index contributed by atoms with van der Waals surface area (Å²) >= 11 is 0. The lowest BCUT2D eigenvalue weighted by Crippen LogP contribution is -2.60. The van der Waals surface area contributed by atoms with Crippen molar-refractivity contribution < 1.29 is 52.6 Å². The van der Waals surface area contributed by atoms with Gasteiger partial charge in [0.25, 0.3) is 0 Å². The van der Waals surface area contributed by atoms with Gasteiger partial charge in [0.15, 0.2) is 23.6 Å². The minimum absolute atomic E-state index is 0.0116. The van der Waals surface area contributed by atoms with Crippen molar-refractivity contribution >= 4 is 11.8 Å². The number of aliphatic carboxylic acids is 1. The fraction of sp³-hybridized carbons (Fsp3) is 0.915. The lowest BCUT2D eigenvalue weighted by atomic mass is 9.78. The number of Topliss-reactive ketones (excluding diaryl/α,β-unsaturated/α-hetero) is 1. The predicted molar refractivity (Wildman–Crippen MR) is 220 cm³/mol. The van der Waals surface area contributed by atoms with Crippen LogP contribution < -0.4 is 0 Å². The summed E-state index contributed by atoms with van der Waals surface area (Å²) in [6, 6.07) is 0. The van der Waals surface area contributed by atoms with Crippen LogP contribution in [0.4, 0.5) is 0 Å². The van der Waals surface area contributed by atoms with E-state index >= 15 is 0 Å². The molecule has 20 unspecified atom stereocenters. The molecular weight excluding hydrogens is 741 g/mol. The molecule has 11 heteroatoms. The monoisotopic (exact) mass is 819 g/mol. The Morgan fingerprint density at radius 1 is 0.810 bits per heavy atom. The van der Waals surface area contributed by atoms with E-state index in [1.54, 1.807) is 14.0 Å². The van der Waals surface area contributed by atoms with Crippen LogP contribution in [-0.2, 0) is 47.5 Å². The Morgan fingerprint density at radius 3 is 2.21 bits per heavy atom. The summed E-state index contributed by atoms with van der Waals surface area (Å²) in [6.45, 7) is 25.1. The molecule has 0 aromatic rings. The Morgan fingerprint density at radius 2 is 1.53 bits per heavy atom. The quantitative estimate of drug-likeness (QED) is 0.190. The van der Waals surface area contributed by atoms with Crippen molar-refractivity contribution in [3.8, 4) is 0 Å². The number of ether oxygens (including phenoxy) is 8. The third-order valence-electron chi connectivity index (χ3n) is 15.7. The molecule has 0 bridgehead atoms. The van der Waals surface area contributed by atoms with E-state index in [4.69, 9.17) is 37.9 Å². The first kappa shape index (κ1) is 46.1. The highest BCUT2D eigenvalue weighted by Gasteiger charge is 2.64. The average molecular weight is 819 g/mol. The van der Waals surface area contributed by atoms with E-state index in [9.17, 15) is 14.7 Å². The number of carbonyl (C=O) groups excluding carboxylic acids is 1. The molecule has 6 saturated heterocycles. The van der Waals surface area contributed by atoms with Crippen molar-refractivity contribution in [3.63, 3.8) is 0 Å². The third kappa shape index (κ3) is 9.18. The number of hydrogen-bond acceptors (Lipinski definition) is 10. The maximum atomic E-state index is 13.5. The topological polar surface area (TPSA) is 128 Å². The smallest absolute Gasteiger partial charge is 0.306 e. The average Bonchev–Trinajstić information content (AvgIpc) is 3.69. The summed E-state index contributed by atoms with van der Waals surface area (Å²) in [6.07, 6.45) is 8.93. The normalized spacial score (nSPS) is 47.9. The molecule has 0 amide bonds. The SMILES string of the molecule is COC1CCC(OC2CC(C(C)/C=C(\C)C(=O)C(C)CC(C)C(=O)O)OC3(CCC(C)(C4CCC(C)C5(OC(C6OC(C)C(C)CC6C)CC5C)O4)O3)C2C)OC1C. The highest BCUT2D eigenvalue weighted by molar-refractivity contribution is 5.96. The van der Waals surface area contributed by atoms with E-state index in [0.717, 1.165) is 44.9 Å². The van der Waals surface area contributed by atoms with Crippen molar-refractivity contribution in [3.05, 3.63) is 11.6 Å². The van der Waals surface area contributed by atoms with Gasteiger partial charge >= 0.3 is 5.97 Å². The number of carboxylic acid groups (broad SMARTS) is 1. The number of allylic oxidation sites excluding steroid dienone is 1. The van der Waals surface area contributed by atoms with Crippen LogP contribution in [0, 0.1) is 47.3 Å². The largest absolute Gasteiger partial charge is 0.481 e. The molecule has 6 heterocycles. The van der Waals surface area contributed by atoms with Crippen molar-refractivity contribution in [2.45, 2.75) is 220 Å². The molecule has 6 aliphatic heterocycles. The molecule has 1 N–H and O–H groups in total. The standard InChI is InChI=1S/C47H78O11/c1-25-20-29(5)43(53-34(25)10)39-23-32(8)47(56-39)31(7)14-16-40(57-47)45(12)18-19-46(58-45)33(9)38(54-41-17-15-36(51-13)35(11)52-41)24-37(55-46)26(2)21-27(3)42(48)28(4)22-30(6)44(49)50/h21,25-26,28-41,43H,14-20,22-24H2,1-13H3,(H,49,50)/b27-21+. The Kier molecular flexibility index (Phi) is 14.4. The van der Waals surface area contributed by atoms with Crippen LogP contribution in [0.3, 0.4) is 0 Å². The number of rotatable bonds is 12. The number of hydrogen-bond donors (Lipinski definition) is 1. The molecule has 0 radical (unpaired) electrons. The zero-order valence-corrected chi connectivity index (χ0v) is 38.0. The van der Waals surface area contributed by atoms with Crippen LogP contribution in [0.1, 0.15) is 147 Å². The van der Waals surface area contributed by atoms with E-state index in [1.807, 2.05) is 26.8 Å². The molecule has 20 atom stereocenters. The lowest BCUT2D eigenvalue weighted by Gasteiger charge is -2.52. The van der Waals surface area contributed by atoms with Gasteiger partial charge in [-0.3, -0.25) is 9.59 Å². The van der Waals surface area contributed by atoms with Crippen molar-refractivity contribution in [1.29, 1.82) is 0 Å². The Balaban J connectivity index is 1.22. The van der Waals surface area contributed by atoms with Crippen molar-refractivity contribution in [2.75, 3.05) is 7.11 Å². The molecule has 0 aromatic carbocycles. The minimum Gasteiger partial charge on any atom is -0.481 e. The number of carbonyl (C=O) groups is 2. The van der Waals surface area contributed by atoms with Crippen LogP contribution in [-0.4, -0.2) is 96.3 Å². The third-order valence-corrected chi connectivity index (χ3v) is 15.7. The Hall–Kier alpha value is -1.44. The molecule has 332 valence electrons. The fourth-order valence-corrected chi connectivity index (χ4v) is 11.6. The second kappa shape index (κ2) is 18.1. The molecule has 6 aliphatic rings. The minimum atomic E-state index is -0.940. The fourth-order valence-electron chi connectivity index (χ4n) is 11.6. The van der Waals surface area contributed by atoms with E-state index in [-0.39, 0.29) is 84.6 Å². The number of ketones is 1. The first-order chi connectivity index (χ1) is 27.2. The van der Waals surface area contributed by atoms with Gasteiger partial charge in [-0.25, -0.2) is 0 Å². The highest BCUT2D eigenvalue weighted by Crippen LogP contribution is 2.56. The van der Waals surface area contributed by atoms with E-state index in [1.165, 1.54) is 0 Å². The van der Waals surface area contributed by atoms with Gasteiger partial charge < -0.3 is 43.0 Å². The first-order valence-electron chi connectivity index (χ1n) is 22.9. The number of methoxy groups -OCH3 is 1. The molecule has 58 heavy (non-hydrogen) atoms.